The number of nitrogens with zero attached hydrogens (tertiary/aromatic N) is 4. The van der Waals surface area contributed by atoms with Gasteiger partial charge in [-0.2, -0.15) is 0 Å². The highest BCUT2D eigenvalue weighted by atomic mass is 16.5. The van der Waals surface area contributed by atoms with Crippen LogP contribution in [-0.4, -0.2) is 80.6 Å². The van der Waals surface area contributed by atoms with Crippen molar-refractivity contribution >= 4 is 17.9 Å². The number of carbonyl (C=O) groups is 3. The number of ether oxygens (including phenoxy) is 2. The molecule has 0 radical (unpaired) electrons. The Morgan fingerprint density at radius 1 is 0.821 bits per heavy atom. The summed E-state index contributed by atoms with van der Waals surface area (Å²) < 4.78 is 10.2. The summed E-state index contributed by atoms with van der Waals surface area (Å²) in [6, 6.07) is 19.5. The first-order chi connectivity index (χ1) is 27.3. The van der Waals surface area contributed by atoms with E-state index in [4.69, 9.17) is 14.5 Å². The standard InChI is InChI=1S/C43H48N8O5/c1-25(55-2)38(50-43(54)56-3)42(53)51-20-4-5-35(51)39-45-23-33(48-39)29-10-6-27(7-11-29)28-8-12-30(13-9-28)34-24-46-40(49-34)36-31-14-15-32(21-31)37(36)41(52)47-22-26-16-18-44-19-17-26/h6-13,16-19,23-25,31-32,35-38H,4-5,14-15,20-22H2,1-3H3,(H,45,48)(H,46,49)(H,47,52)(H,50,54)/t25-,31?,32?,35+,36?,37+,38+/m1/s1. The average molecular weight is 757 g/mol. The Hall–Kier alpha value is -5.82. The van der Waals surface area contributed by atoms with Gasteiger partial charge in [-0.3, -0.25) is 14.6 Å². The van der Waals surface area contributed by atoms with Gasteiger partial charge in [-0.15, -0.1) is 0 Å². The number of methoxy groups -OCH3 is 2. The summed E-state index contributed by atoms with van der Waals surface area (Å²) in [5.74, 6) is 2.37. The summed E-state index contributed by atoms with van der Waals surface area (Å²) >= 11 is 0. The Labute approximate surface area is 326 Å². The molecular weight excluding hydrogens is 709 g/mol. The van der Waals surface area contributed by atoms with Crippen LogP contribution in [0.2, 0.25) is 0 Å². The quantitative estimate of drug-likeness (QED) is 0.114. The van der Waals surface area contributed by atoms with Crippen LogP contribution in [-0.2, 0) is 25.6 Å². The first-order valence-corrected chi connectivity index (χ1v) is 19.5. The predicted octanol–water partition coefficient (Wildman–Crippen LogP) is 6.40. The highest BCUT2D eigenvalue weighted by molar-refractivity contribution is 5.87. The second kappa shape index (κ2) is 16.1. The third-order valence-electron chi connectivity index (χ3n) is 12.1. The molecule has 1 saturated heterocycles. The normalized spacial score (nSPS) is 22.5. The monoisotopic (exact) mass is 756 g/mol. The summed E-state index contributed by atoms with van der Waals surface area (Å²) in [6.07, 6.45) is 10.9. The number of pyridine rings is 1. The van der Waals surface area contributed by atoms with E-state index in [-0.39, 0.29) is 29.7 Å². The third kappa shape index (κ3) is 7.43. The molecule has 2 bridgehead atoms. The Bertz CT molecular complexity index is 2150. The number of imidazole rings is 2. The van der Waals surface area contributed by atoms with E-state index in [0.29, 0.717) is 30.7 Å². The van der Waals surface area contributed by atoms with Gasteiger partial charge in [0.05, 0.1) is 49.0 Å². The Balaban J connectivity index is 0.918. The van der Waals surface area contributed by atoms with E-state index in [1.165, 1.54) is 14.2 Å². The molecule has 8 rings (SSSR count). The van der Waals surface area contributed by atoms with E-state index in [2.05, 4.69) is 79.1 Å². The second-order valence-corrected chi connectivity index (χ2v) is 15.2. The van der Waals surface area contributed by atoms with Crippen LogP contribution in [0.3, 0.4) is 0 Å². The van der Waals surface area contributed by atoms with Crippen LogP contribution in [0.5, 0.6) is 0 Å². The molecule has 3 fully saturated rings. The maximum absolute atomic E-state index is 13.6. The van der Waals surface area contributed by atoms with Crippen LogP contribution in [0.15, 0.2) is 85.5 Å². The highest BCUT2D eigenvalue weighted by Crippen LogP contribution is 2.56. The first-order valence-electron chi connectivity index (χ1n) is 19.5. The fourth-order valence-electron chi connectivity index (χ4n) is 9.05. The van der Waals surface area contributed by atoms with Crippen LogP contribution in [0.4, 0.5) is 4.79 Å². The molecule has 3 aromatic heterocycles. The second-order valence-electron chi connectivity index (χ2n) is 15.2. The van der Waals surface area contributed by atoms with Gasteiger partial charge in [0.2, 0.25) is 11.8 Å². The lowest BCUT2D eigenvalue weighted by atomic mass is 9.78. The molecule has 3 amide bonds. The van der Waals surface area contributed by atoms with Gasteiger partial charge in [-0.25, -0.2) is 14.8 Å². The molecular formula is C43H48N8O5. The van der Waals surface area contributed by atoms with Crippen molar-refractivity contribution < 1.29 is 23.9 Å². The lowest BCUT2D eigenvalue weighted by molar-refractivity contribution is -0.137. The minimum Gasteiger partial charge on any atom is -0.453 e. The van der Waals surface area contributed by atoms with E-state index >= 15 is 0 Å². The third-order valence-corrected chi connectivity index (χ3v) is 12.1. The Morgan fingerprint density at radius 2 is 1.43 bits per heavy atom. The summed E-state index contributed by atoms with van der Waals surface area (Å²) in [4.78, 5) is 61.5. The maximum Gasteiger partial charge on any atom is 0.407 e. The van der Waals surface area contributed by atoms with Gasteiger partial charge in [0, 0.05) is 38.5 Å². The summed E-state index contributed by atoms with van der Waals surface area (Å²) in [5, 5.41) is 5.82. The van der Waals surface area contributed by atoms with Gasteiger partial charge in [0.1, 0.15) is 17.7 Å². The number of nitrogens with one attached hydrogen (secondary N) is 4. The number of H-pyrrole nitrogens is 2. The van der Waals surface area contributed by atoms with Gasteiger partial charge in [-0.1, -0.05) is 48.5 Å². The maximum atomic E-state index is 13.6. The number of rotatable bonds is 12. The smallest absolute Gasteiger partial charge is 0.407 e. The zero-order valence-electron chi connectivity index (χ0n) is 31.9. The van der Waals surface area contributed by atoms with Crippen LogP contribution >= 0.6 is 0 Å². The zero-order valence-corrected chi connectivity index (χ0v) is 31.9. The minimum atomic E-state index is -0.885. The molecule has 4 heterocycles. The number of fused-ring (bicyclic) bond motifs is 2. The van der Waals surface area contributed by atoms with E-state index in [9.17, 15) is 14.4 Å². The van der Waals surface area contributed by atoms with Gasteiger partial charge in [0.25, 0.3) is 0 Å². The van der Waals surface area contributed by atoms with Crippen molar-refractivity contribution in [3.05, 3.63) is 103 Å². The molecule has 2 aromatic carbocycles. The van der Waals surface area contributed by atoms with Gasteiger partial charge >= 0.3 is 6.09 Å². The fourth-order valence-corrected chi connectivity index (χ4v) is 9.05. The molecule has 7 atom stereocenters. The lowest BCUT2D eigenvalue weighted by Gasteiger charge is -2.30. The van der Waals surface area contributed by atoms with E-state index in [1.807, 2.05) is 18.3 Å². The predicted molar refractivity (Wildman–Crippen MR) is 210 cm³/mol. The summed E-state index contributed by atoms with van der Waals surface area (Å²) in [7, 11) is 2.77. The van der Waals surface area contributed by atoms with Crippen molar-refractivity contribution in [3.63, 3.8) is 0 Å². The number of amides is 3. The molecule has 290 valence electrons. The average Bonchev–Trinajstić information content (AvgIpc) is 4.10. The number of carbonyl (C=O) groups excluding carboxylic acids is 3. The molecule has 56 heavy (non-hydrogen) atoms. The molecule has 3 aliphatic rings. The topological polar surface area (TPSA) is 167 Å². The number of aromatic amines is 2. The Morgan fingerprint density at radius 3 is 2.07 bits per heavy atom. The number of likely N-dealkylation sites (tertiary alicyclic amines) is 1. The van der Waals surface area contributed by atoms with Gasteiger partial charge in [-0.05, 0) is 90.8 Å². The minimum absolute atomic E-state index is 0.0745. The summed E-state index contributed by atoms with van der Waals surface area (Å²) in [5.41, 5.74) is 7.04. The van der Waals surface area contributed by atoms with Crippen molar-refractivity contribution in [2.45, 2.75) is 69.7 Å². The molecule has 13 nitrogen and oxygen atoms in total. The molecule has 1 aliphatic heterocycles. The van der Waals surface area contributed by atoms with Crippen LogP contribution in [0, 0.1) is 17.8 Å². The lowest BCUT2D eigenvalue weighted by Crippen LogP contribution is -2.54. The van der Waals surface area contributed by atoms with E-state index < -0.39 is 18.2 Å². The van der Waals surface area contributed by atoms with Crippen LogP contribution in [0.25, 0.3) is 33.6 Å². The first kappa shape index (κ1) is 37.1. The van der Waals surface area contributed by atoms with Crippen LogP contribution < -0.4 is 10.6 Å². The molecule has 13 heteroatoms. The number of hydrogen-bond donors (Lipinski definition) is 4. The molecule has 3 unspecified atom stereocenters. The van der Waals surface area contributed by atoms with Crippen molar-refractivity contribution in [1.29, 1.82) is 0 Å². The summed E-state index contributed by atoms with van der Waals surface area (Å²) in [6.45, 7) is 2.80. The molecule has 4 N–H and O–H groups in total. The Kier molecular flexibility index (Phi) is 10.7. The van der Waals surface area contributed by atoms with Gasteiger partial charge in [0.15, 0.2) is 0 Å². The molecule has 0 spiro atoms. The number of benzene rings is 2. The SMILES string of the molecule is COC(=O)N[C@H](C(=O)N1CCC[C@H]1c1ncc(-c2ccc(-c3ccc(-c4cnc(C5C6CCC(C6)[C@@H]5C(=O)NCc5ccncc5)[nH]4)cc3)cc2)[nH]1)[C@@H](C)OC. The molecule has 5 aromatic rings. The van der Waals surface area contributed by atoms with Crippen molar-refractivity contribution in [2.24, 2.45) is 17.8 Å². The van der Waals surface area contributed by atoms with E-state index in [1.54, 1.807) is 30.4 Å². The highest BCUT2D eigenvalue weighted by Gasteiger charge is 2.52. The van der Waals surface area contributed by atoms with Crippen molar-refractivity contribution in [2.75, 3.05) is 20.8 Å². The molecule has 2 aliphatic carbocycles. The largest absolute Gasteiger partial charge is 0.453 e. The number of aromatic nitrogens is 5. The zero-order chi connectivity index (χ0) is 38.8. The van der Waals surface area contributed by atoms with E-state index in [0.717, 1.165) is 77.1 Å². The number of alkyl carbamates (subject to hydrolysis) is 1. The fraction of sp³-hybridized carbons (Fsp3) is 0.395. The molecule has 2 saturated carbocycles. The van der Waals surface area contributed by atoms with Crippen molar-refractivity contribution in [1.82, 2.24) is 40.5 Å². The number of hydrogen-bond acceptors (Lipinski definition) is 8. The van der Waals surface area contributed by atoms with Gasteiger partial charge < -0.3 is 35.0 Å². The van der Waals surface area contributed by atoms with Crippen LogP contribution in [0.1, 0.15) is 68.2 Å². The van der Waals surface area contributed by atoms with Crippen molar-refractivity contribution in [3.8, 4) is 33.6 Å².